The van der Waals surface area contributed by atoms with Crippen LogP contribution in [0.1, 0.15) is 65.2 Å². The fraction of sp³-hybridized carbons (Fsp3) is 0.840. The standard InChI is InChI=1S/C25H32O6/c1-22-7-5-16-17(29-16)11-13(22)10-14(21(27)28-3)20-15-4-8-24(9-6-19(26)31-24)23(15,2)12-18-25(20,22)30-18/h11,14-18,20H,4-10,12H2,1-3H3/t14-,15?,16?,17?,18-,20?,22?,23?,24-,25-/m1/s1. The van der Waals surface area contributed by atoms with Crippen LogP contribution in [0.4, 0.5) is 0 Å². The predicted molar refractivity (Wildman–Crippen MR) is 109 cm³/mol. The van der Waals surface area contributed by atoms with Gasteiger partial charge in [-0.2, -0.15) is 0 Å². The summed E-state index contributed by atoms with van der Waals surface area (Å²) in [5, 5.41) is 0. The molecule has 7 aliphatic rings. The van der Waals surface area contributed by atoms with Crippen LogP contribution in [0.2, 0.25) is 0 Å². The van der Waals surface area contributed by atoms with Crippen molar-refractivity contribution in [2.45, 2.75) is 94.7 Å². The van der Waals surface area contributed by atoms with Crippen LogP contribution in [-0.2, 0) is 28.5 Å². The van der Waals surface area contributed by atoms with Crippen LogP contribution in [0.3, 0.4) is 0 Å². The lowest BCUT2D eigenvalue weighted by molar-refractivity contribution is -0.171. The summed E-state index contributed by atoms with van der Waals surface area (Å²) in [7, 11) is 1.51. The van der Waals surface area contributed by atoms with Gasteiger partial charge in [0.05, 0.1) is 25.2 Å². The minimum absolute atomic E-state index is 0.0624. The van der Waals surface area contributed by atoms with E-state index in [4.69, 9.17) is 18.9 Å². The van der Waals surface area contributed by atoms with Crippen LogP contribution in [0, 0.1) is 28.6 Å². The van der Waals surface area contributed by atoms with E-state index < -0.39 is 0 Å². The molecule has 168 valence electrons. The fourth-order valence-corrected chi connectivity index (χ4v) is 9.24. The van der Waals surface area contributed by atoms with Crippen molar-refractivity contribution in [1.82, 2.24) is 0 Å². The highest BCUT2D eigenvalue weighted by molar-refractivity contribution is 5.75. The average molecular weight is 429 g/mol. The number of hydrogen-bond acceptors (Lipinski definition) is 6. The van der Waals surface area contributed by atoms with Gasteiger partial charge in [0.25, 0.3) is 0 Å². The second-order valence-electron chi connectivity index (χ2n) is 11.7. The zero-order valence-corrected chi connectivity index (χ0v) is 18.6. The van der Waals surface area contributed by atoms with Crippen LogP contribution in [-0.4, -0.2) is 48.6 Å². The van der Waals surface area contributed by atoms with Gasteiger partial charge in [-0.05, 0) is 50.9 Å². The van der Waals surface area contributed by atoms with Gasteiger partial charge in [-0.25, -0.2) is 0 Å². The number of hydrogen-bond donors (Lipinski definition) is 0. The van der Waals surface area contributed by atoms with E-state index in [0.717, 1.165) is 44.9 Å². The molecule has 4 aliphatic carbocycles. The third-order valence-corrected chi connectivity index (χ3v) is 10.9. The molecule has 0 aromatic carbocycles. The molecule has 0 N–H and O–H groups in total. The van der Waals surface area contributed by atoms with E-state index in [0.29, 0.717) is 18.4 Å². The predicted octanol–water partition coefficient (Wildman–Crippen LogP) is 3.32. The Hall–Kier alpha value is -1.40. The Balaban J connectivity index is 1.36. The molecule has 31 heavy (non-hydrogen) atoms. The van der Waals surface area contributed by atoms with E-state index in [-0.39, 0.29) is 58.0 Å². The SMILES string of the molecule is COC(=O)[C@@H]1CC2=CC3OC3CCC2(C)[C@@]23O[C@@H]2CC2(C)C(CC[C@@]24CCC(=O)O4)C13. The Morgan fingerprint density at radius 2 is 2.03 bits per heavy atom. The van der Waals surface area contributed by atoms with E-state index in [2.05, 4.69) is 19.9 Å². The molecule has 3 heterocycles. The third kappa shape index (κ3) is 2.04. The first-order valence-corrected chi connectivity index (χ1v) is 12.1. The molecule has 6 heteroatoms. The van der Waals surface area contributed by atoms with Crippen molar-refractivity contribution in [3.8, 4) is 0 Å². The number of fused-ring (bicyclic) bond motifs is 5. The van der Waals surface area contributed by atoms with E-state index in [1.165, 1.54) is 12.7 Å². The van der Waals surface area contributed by atoms with Gasteiger partial charge in [-0.3, -0.25) is 9.59 Å². The number of epoxide rings is 2. The summed E-state index contributed by atoms with van der Waals surface area (Å²) in [6.07, 6.45) is 9.93. The number of methoxy groups -OCH3 is 1. The Kier molecular flexibility index (Phi) is 3.43. The lowest BCUT2D eigenvalue weighted by atomic mass is 9.44. The number of rotatable bonds is 1. The van der Waals surface area contributed by atoms with Crippen LogP contribution in [0.5, 0.6) is 0 Å². The van der Waals surface area contributed by atoms with Gasteiger partial charge in [0, 0.05) is 23.2 Å². The summed E-state index contributed by atoms with van der Waals surface area (Å²) in [5.41, 5.74) is 0.450. The second kappa shape index (κ2) is 5.56. The molecule has 10 atom stereocenters. The van der Waals surface area contributed by atoms with Gasteiger partial charge in [-0.15, -0.1) is 0 Å². The number of carbonyl (C=O) groups is 2. The van der Waals surface area contributed by atoms with Crippen molar-refractivity contribution in [3.63, 3.8) is 0 Å². The molecule has 0 aromatic heterocycles. The third-order valence-electron chi connectivity index (χ3n) is 10.9. The van der Waals surface area contributed by atoms with Crippen molar-refractivity contribution in [2.24, 2.45) is 28.6 Å². The van der Waals surface area contributed by atoms with Crippen molar-refractivity contribution >= 4 is 11.9 Å². The smallest absolute Gasteiger partial charge is 0.309 e. The molecule has 0 bridgehead atoms. The largest absolute Gasteiger partial charge is 0.469 e. The number of ether oxygens (including phenoxy) is 4. The van der Waals surface area contributed by atoms with Crippen molar-refractivity contribution < 1.29 is 28.5 Å². The maximum atomic E-state index is 13.2. The zero-order chi connectivity index (χ0) is 21.4. The van der Waals surface area contributed by atoms with E-state index in [1.54, 1.807) is 0 Å². The minimum Gasteiger partial charge on any atom is -0.469 e. The summed E-state index contributed by atoms with van der Waals surface area (Å²) in [6, 6.07) is 0. The first-order valence-electron chi connectivity index (χ1n) is 12.1. The molecule has 7 rings (SSSR count). The summed E-state index contributed by atoms with van der Waals surface area (Å²) >= 11 is 0. The minimum atomic E-state index is -0.385. The molecular weight excluding hydrogens is 396 g/mol. The van der Waals surface area contributed by atoms with Gasteiger partial charge in [0.2, 0.25) is 0 Å². The molecule has 3 saturated carbocycles. The molecule has 2 spiro atoms. The highest BCUT2D eigenvalue weighted by Crippen LogP contribution is 2.78. The summed E-state index contributed by atoms with van der Waals surface area (Å²) in [6.45, 7) is 4.69. The monoisotopic (exact) mass is 428 g/mol. The van der Waals surface area contributed by atoms with Crippen molar-refractivity contribution in [1.29, 1.82) is 0 Å². The van der Waals surface area contributed by atoms with Gasteiger partial charge >= 0.3 is 11.9 Å². The van der Waals surface area contributed by atoms with Gasteiger partial charge in [0.15, 0.2) is 0 Å². The molecule has 3 saturated heterocycles. The Labute approximate surface area is 183 Å². The van der Waals surface area contributed by atoms with Crippen molar-refractivity contribution in [2.75, 3.05) is 7.11 Å². The highest BCUT2D eigenvalue weighted by atomic mass is 16.6. The molecule has 6 nitrogen and oxygen atoms in total. The quantitative estimate of drug-likeness (QED) is 0.362. The molecule has 0 radical (unpaired) electrons. The van der Waals surface area contributed by atoms with Crippen LogP contribution in [0.25, 0.3) is 0 Å². The average Bonchev–Trinajstić information content (AvgIpc) is 3.60. The maximum Gasteiger partial charge on any atom is 0.309 e. The van der Waals surface area contributed by atoms with Gasteiger partial charge in [-0.1, -0.05) is 25.5 Å². The van der Waals surface area contributed by atoms with Crippen LogP contribution >= 0.6 is 0 Å². The van der Waals surface area contributed by atoms with E-state index in [1.807, 2.05) is 0 Å². The normalized spacial score (nSPS) is 58.0. The highest BCUT2D eigenvalue weighted by Gasteiger charge is 2.83. The molecular formula is C25H32O6. The Morgan fingerprint density at radius 1 is 1.19 bits per heavy atom. The first-order chi connectivity index (χ1) is 14.8. The van der Waals surface area contributed by atoms with E-state index >= 15 is 0 Å². The molecule has 0 aromatic rings. The second-order valence-corrected chi connectivity index (χ2v) is 11.7. The molecule has 6 unspecified atom stereocenters. The molecule has 0 amide bonds. The Bertz CT molecular complexity index is 927. The van der Waals surface area contributed by atoms with E-state index in [9.17, 15) is 9.59 Å². The lowest BCUT2D eigenvalue weighted by Crippen LogP contribution is -2.62. The Morgan fingerprint density at radius 3 is 2.77 bits per heavy atom. The fourth-order valence-electron chi connectivity index (χ4n) is 9.24. The summed E-state index contributed by atoms with van der Waals surface area (Å²) in [5.74, 6) is 0.0199. The number of carbonyl (C=O) groups excluding carboxylic acids is 2. The first kappa shape index (κ1) is 19.1. The number of esters is 2. The van der Waals surface area contributed by atoms with Crippen LogP contribution < -0.4 is 0 Å². The summed E-state index contributed by atoms with van der Waals surface area (Å²) in [4.78, 5) is 25.4. The van der Waals surface area contributed by atoms with Crippen molar-refractivity contribution in [3.05, 3.63) is 11.6 Å². The molecule has 3 aliphatic heterocycles. The summed E-state index contributed by atoms with van der Waals surface area (Å²) < 4.78 is 24.0. The van der Waals surface area contributed by atoms with Gasteiger partial charge < -0.3 is 18.9 Å². The van der Waals surface area contributed by atoms with Crippen LogP contribution in [0.15, 0.2) is 11.6 Å². The maximum absolute atomic E-state index is 13.2. The molecule has 6 fully saturated rings. The topological polar surface area (TPSA) is 77.7 Å². The van der Waals surface area contributed by atoms with Gasteiger partial charge in [0.1, 0.15) is 17.3 Å². The zero-order valence-electron chi connectivity index (χ0n) is 18.6. The lowest BCUT2D eigenvalue weighted by Gasteiger charge is -2.58.